The summed E-state index contributed by atoms with van der Waals surface area (Å²) in [5.41, 5.74) is -1.34. The van der Waals surface area contributed by atoms with Crippen molar-refractivity contribution in [3.8, 4) is 0 Å². The number of rotatable bonds is 2. The fourth-order valence-corrected chi connectivity index (χ4v) is 10.0. The van der Waals surface area contributed by atoms with Crippen molar-refractivity contribution in [3.05, 3.63) is 0 Å². The Morgan fingerprint density at radius 2 is 1.93 bits per heavy atom. The van der Waals surface area contributed by atoms with Crippen LogP contribution in [0.3, 0.4) is 0 Å². The van der Waals surface area contributed by atoms with Gasteiger partial charge in [0.15, 0.2) is 11.6 Å². The Morgan fingerprint density at radius 3 is 2.63 bits per heavy atom. The molecule has 30 heavy (non-hydrogen) atoms. The number of carbonyl (C=O) groups is 3. The topological polar surface area (TPSA) is 93.0 Å². The Bertz CT molecular complexity index is 872. The number of hydrogen-bond acceptors (Lipinski definition) is 7. The lowest BCUT2D eigenvalue weighted by molar-refractivity contribution is -0.158. The van der Waals surface area contributed by atoms with Crippen LogP contribution in [0.15, 0.2) is 4.99 Å². The van der Waals surface area contributed by atoms with Gasteiger partial charge in [-0.05, 0) is 49.4 Å². The van der Waals surface area contributed by atoms with Crippen LogP contribution < -0.4 is 0 Å². The number of aliphatic imine (C=N–C) groups is 1. The third-order valence-corrected chi connectivity index (χ3v) is 11.5. The quantitative estimate of drug-likeness (QED) is 0.720. The van der Waals surface area contributed by atoms with Gasteiger partial charge in [0, 0.05) is 30.6 Å². The molecule has 0 saturated heterocycles. The molecule has 1 aliphatic heterocycles. The lowest BCUT2D eigenvalue weighted by Crippen LogP contribution is -2.75. The van der Waals surface area contributed by atoms with E-state index < -0.39 is 22.3 Å². The van der Waals surface area contributed by atoms with Crippen molar-refractivity contribution < 1.29 is 24.2 Å². The second-order valence-corrected chi connectivity index (χ2v) is 11.8. The van der Waals surface area contributed by atoms with Crippen LogP contribution >= 0.6 is 11.8 Å². The maximum atomic E-state index is 14.2. The van der Waals surface area contributed by atoms with Crippen molar-refractivity contribution in [2.75, 3.05) is 13.7 Å². The van der Waals surface area contributed by atoms with Crippen LogP contribution in [0, 0.1) is 28.6 Å². The molecular formula is C23H31NO5S. The Balaban J connectivity index is 1.66. The zero-order valence-electron chi connectivity index (χ0n) is 18.0. The first-order valence-electron chi connectivity index (χ1n) is 11.2. The predicted molar refractivity (Wildman–Crippen MR) is 113 cm³/mol. The summed E-state index contributed by atoms with van der Waals surface area (Å²) in [6, 6.07) is 0. The van der Waals surface area contributed by atoms with E-state index in [2.05, 4.69) is 13.8 Å². The number of fused-ring (bicyclic) bond motifs is 2. The van der Waals surface area contributed by atoms with Crippen LogP contribution in [0.25, 0.3) is 0 Å². The van der Waals surface area contributed by atoms with Gasteiger partial charge in [0.25, 0.3) is 0 Å². The number of ether oxygens (including phenoxy) is 1. The van der Waals surface area contributed by atoms with Crippen LogP contribution in [0.5, 0.6) is 0 Å². The lowest BCUT2D eigenvalue weighted by atomic mass is 9.41. The molecule has 5 aliphatic rings. The minimum absolute atomic E-state index is 0.126. The number of thioether (sulfide) groups is 1. The first-order valence-corrected chi connectivity index (χ1v) is 12.0. The van der Waals surface area contributed by atoms with E-state index in [-0.39, 0.29) is 40.5 Å². The lowest BCUT2D eigenvalue weighted by Gasteiger charge is -2.69. The Kier molecular flexibility index (Phi) is 4.42. The number of nitrogens with zero attached hydrogens (tertiary/aromatic N) is 1. The molecule has 0 aromatic heterocycles. The number of hydrogen-bond donors (Lipinski definition) is 1. The van der Waals surface area contributed by atoms with Crippen molar-refractivity contribution >= 4 is 34.3 Å². The third-order valence-electron chi connectivity index (χ3n) is 9.75. The molecular weight excluding hydrogens is 402 g/mol. The maximum Gasteiger partial charge on any atom is 0.247 e. The molecule has 7 heteroatoms. The molecule has 0 radical (unpaired) electrons. The molecule has 4 fully saturated rings. The van der Waals surface area contributed by atoms with Crippen LogP contribution in [0.4, 0.5) is 0 Å². The smallest absolute Gasteiger partial charge is 0.247 e. The number of ketones is 3. The largest absolute Gasteiger partial charge is 0.476 e. The molecule has 0 aromatic rings. The SMILES string of the molecule is COC1=NC23CCC4C5CCC(C(=O)CO)C5(C)CC(=O)C4(S1)C2(C)CCC(=O)C3. The van der Waals surface area contributed by atoms with Gasteiger partial charge in [0.05, 0.1) is 17.4 Å². The summed E-state index contributed by atoms with van der Waals surface area (Å²) in [7, 11) is 1.60. The summed E-state index contributed by atoms with van der Waals surface area (Å²) in [5.74, 6) is 0.447. The summed E-state index contributed by atoms with van der Waals surface area (Å²) in [6.45, 7) is 3.84. The van der Waals surface area contributed by atoms with E-state index in [1.807, 2.05) is 0 Å². The molecule has 2 bridgehead atoms. The average molecular weight is 434 g/mol. The van der Waals surface area contributed by atoms with E-state index in [0.717, 1.165) is 25.7 Å². The first-order chi connectivity index (χ1) is 14.2. The highest BCUT2D eigenvalue weighted by Gasteiger charge is 2.77. The van der Waals surface area contributed by atoms with Crippen molar-refractivity contribution in [1.29, 1.82) is 0 Å². The Hall–Kier alpha value is -1.21. The highest BCUT2D eigenvalue weighted by molar-refractivity contribution is 8.15. The molecule has 1 heterocycles. The fraction of sp³-hybridized carbons (Fsp3) is 0.826. The van der Waals surface area contributed by atoms with Gasteiger partial charge in [-0.25, -0.2) is 4.99 Å². The minimum atomic E-state index is -0.652. The number of methoxy groups -OCH3 is 1. The van der Waals surface area contributed by atoms with E-state index in [9.17, 15) is 19.5 Å². The zero-order chi connectivity index (χ0) is 21.5. The standard InChI is InChI=1S/C23H31NO5S/c1-20-11-18(28)23-15(14(20)4-5-16(20)17(27)12-25)7-9-22(24-19(29-3)30-23)10-13(26)6-8-21(22,23)2/h14-16,25H,4-12H2,1-3H3. The molecule has 4 aliphatic carbocycles. The highest BCUT2D eigenvalue weighted by atomic mass is 32.2. The molecule has 0 amide bonds. The van der Waals surface area contributed by atoms with Gasteiger partial charge in [-0.3, -0.25) is 14.4 Å². The second kappa shape index (κ2) is 6.41. The second-order valence-electron chi connectivity index (χ2n) is 10.6. The van der Waals surface area contributed by atoms with E-state index in [0.29, 0.717) is 30.9 Å². The van der Waals surface area contributed by atoms with Crippen LogP contribution in [0.2, 0.25) is 0 Å². The predicted octanol–water partition coefficient (Wildman–Crippen LogP) is 2.95. The van der Waals surface area contributed by atoms with Gasteiger partial charge in [-0.15, -0.1) is 0 Å². The summed E-state index contributed by atoms with van der Waals surface area (Å²) >= 11 is 1.50. The number of carbonyl (C=O) groups excluding carboxylic acids is 3. The van der Waals surface area contributed by atoms with E-state index >= 15 is 0 Å². The van der Waals surface area contributed by atoms with E-state index in [1.165, 1.54) is 11.8 Å². The van der Waals surface area contributed by atoms with Gasteiger partial charge in [0.2, 0.25) is 5.23 Å². The van der Waals surface area contributed by atoms with E-state index in [4.69, 9.17) is 9.73 Å². The number of aliphatic hydroxyl groups is 1. The monoisotopic (exact) mass is 433 g/mol. The van der Waals surface area contributed by atoms with Gasteiger partial charge < -0.3 is 9.84 Å². The zero-order valence-corrected chi connectivity index (χ0v) is 18.8. The van der Waals surface area contributed by atoms with Crippen LogP contribution in [0.1, 0.15) is 65.2 Å². The van der Waals surface area contributed by atoms with E-state index in [1.54, 1.807) is 7.11 Å². The number of Topliss-reactive ketones (excluding diaryl/α,β-unsaturated/α-hetero) is 3. The van der Waals surface area contributed by atoms with Crippen molar-refractivity contribution in [2.45, 2.75) is 75.5 Å². The van der Waals surface area contributed by atoms with Crippen LogP contribution in [-0.4, -0.2) is 51.7 Å². The summed E-state index contributed by atoms with van der Waals surface area (Å²) < 4.78 is 4.97. The first kappa shape index (κ1) is 20.7. The Morgan fingerprint density at radius 1 is 1.17 bits per heavy atom. The molecule has 5 rings (SSSR count). The molecule has 4 saturated carbocycles. The summed E-state index contributed by atoms with van der Waals surface area (Å²) in [4.78, 5) is 44.2. The van der Waals surface area contributed by atoms with Gasteiger partial charge in [-0.2, -0.15) is 0 Å². The molecule has 0 aromatic carbocycles. The molecule has 7 unspecified atom stereocenters. The molecule has 1 N–H and O–H groups in total. The maximum absolute atomic E-state index is 14.2. The van der Waals surface area contributed by atoms with Gasteiger partial charge >= 0.3 is 0 Å². The van der Waals surface area contributed by atoms with Crippen molar-refractivity contribution in [1.82, 2.24) is 0 Å². The summed E-state index contributed by atoms with van der Waals surface area (Å²) in [5, 5.41) is 10.1. The molecule has 6 nitrogen and oxygen atoms in total. The highest BCUT2D eigenvalue weighted by Crippen LogP contribution is 2.74. The summed E-state index contributed by atoms with van der Waals surface area (Å²) in [6.07, 6.45) is 5.23. The third kappa shape index (κ3) is 2.21. The molecule has 1 spiro atoms. The van der Waals surface area contributed by atoms with Gasteiger partial charge in [-0.1, -0.05) is 25.6 Å². The van der Waals surface area contributed by atoms with Crippen LogP contribution in [-0.2, 0) is 19.1 Å². The minimum Gasteiger partial charge on any atom is -0.476 e. The average Bonchev–Trinajstić information content (AvgIpc) is 3.03. The van der Waals surface area contributed by atoms with Crippen molar-refractivity contribution in [2.24, 2.45) is 33.6 Å². The molecule has 7 atom stereocenters. The number of aliphatic hydroxyl groups excluding tert-OH is 1. The fourth-order valence-electron chi connectivity index (χ4n) is 8.32. The normalized spacial score (nSPS) is 49.6. The Labute approximate surface area is 181 Å². The van der Waals surface area contributed by atoms with Gasteiger partial charge in [0.1, 0.15) is 12.4 Å². The van der Waals surface area contributed by atoms with Crippen molar-refractivity contribution in [3.63, 3.8) is 0 Å². The molecule has 164 valence electrons.